The molecule has 0 amide bonds. The summed E-state index contributed by atoms with van der Waals surface area (Å²) in [7, 11) is 3.73. The number of aromatic nitrogens is 3. The largest absolute Gasteiger partial charge is 0.352 e. The molecule has 1 aliphatic heterocycles. The first-order valence-electron chi connectivity index (χ1n) is 9.30. The van der Waals surface area contributed by atoms with Gasteiger partial charge in [-0.05, 0) is 32.2 Å². The molecule has 2 fully saturated rings. The molecule has 1 atom stereocenters. The van der Waals surface area contributed by atoms with Crippen molar-refractivity contribution in [2.75, 3.05) is 20.1 Å². The maximum absolute atomic E-state index is 4.37. The van der Waals surface area contributed by atoms with Crippen LogP contribution in [0.4, 0.5) is 0 Å². The van der Waals surface area contributed by atoms with E-state index in [4.69, 9.17) is 0 Å². The van der Waals surface area contributed by atoms with Gasteiger partial charge in [0.15, 0.2) is 5.96 Å². The molecule has 134 valence electrons. The van der Waals surface area contributed by atoms with Crippen LogP contribution in [-0.4, -0.2) is 57.8 Å². The number of rotatable bonds is 4. The molecule has 7 nitrogen and oxygen atoms in total. The second-order valence-electron chi connectivity index (χ2n) is 7.00. The lowest BCUT2D eigenvalue weighted by Crippen LogP contribution is -2.53. The first kappa shape index (κ1) is 17.2. The second-order valence-corrected chi connectivity index (χ2v) is 7.00. The number of piperidine rings is 1. The van der Waals surface area contributed by atoms with Gasteiger partial charge in [-0.1, -0.05) is 19.3 Å². The van der Waals surface area contributed by atoms with Gasteiger partial charge < -0.3 is 10.6 Å². The van der Waals surface area contributed by atoms with Gasteiger partial charge in [-0.25, -0.2) is 4.98 Å². The van der Waals surface area contributed by atoms with Gasteiger partial charge in [0.1, 0.15) is 12.2 Å². The Bertz CT molecular complexity index is 533. The molecule has 1 aliphatic carbocycles. The van der Waals surface area contributed by atoms with Gasteiger partial charge >= 0.3 is 0 Å². The highest BCUT2D eigenvalue weighted by Crippen LogP contribution is 2.25. The van der Waals surface area contributed by atoms with Crippen LogP contribution in [0, 0.1) is 0 Å². The minimum absolute atomic E-state index is 0.478. The van der Waals surface area contributed by atoms with Gasteiger partial charge in [-0.3, -0.25) is 14.6 Å². The van der Waals surface area contributed by atoms with Gasteiger partial charge in [0.25, 0.3) is 0 Å². The molecule has 7 heteroatoms. The Morgan fingerprint density at radius 2 is 2.08 bits per heavy atom. The standard InChI is InChI=1S/C17H31N7/c1-18-17(19-11-16-20-13-21-23(16)2)22-14-7-6-10-24(12-14)15-8-4-3-5-9-15/h13-15H,3-12H2,1-2H3,(H2,18,19,22)/t14-/m0/s1. The predicted molar refractivity (Wildman–Crippen MR) is 95.8 cm³/mol. The first-order valence-corrected chi connectivity index (χ1v) is 9.30. The zero-order chi connectivity index (χ0) is 16.8. The monoisotopic (exact) mass is 333 g/mol. The number of likely N-dealkylation sites (tertiary alicyclic amines) is 1. The second kappa shape index (κ2) is 8.46. The average Bonchev–Trinajstić information content (AvgIpc) is 3.04. The Labute approximate surface area is 144 Å². The summed E-state index contributed by atoms with van der Waals surface area (Å²) in [6, 6.07) is 1.28. The Kier molecular flexibility index (Phi) is 6.07. The van der Waals surface area contributed by atoms with Crippen molar-refractivity contribution in [3.63, 3.8) is 0 Å². The minimum atomic E-state index is 0.478. The molecular weight excluding hydrogens is 302 g/mol. The van der Waals surface area contributed by atoms with Crippen LogP contribution in [0.15, 0.2) is 11.3 Å². The van der Waals surface area contributed by atoms with Crippen LogP contribution in [0.5, 0.6) is 0 Å². The molecule has 1 aromatic rings. The molecule has 2 heterocycles. The number of nitrogens with zero attached hydrogens (tertiary/aromatic N) is 5. The van der Waals surface area contributed by atoms with E-state index in [0.717, 1.165) is 24.4 Å². The van der Waals surface area contributed by atoms with Crippen LogP contribution in [-0.2, 0) is 13.6 Å². The highest BCUT2D eigenvalue weighted by molar-refractivity contribution is 5.79. The van der Waals surface area contributed by atoms with Gasteiger partial charge in [0.05, 0.1) is 6.54 Å². The number of guanidine groups is 1. The van der Waals surface area contributed by atoms with E-state index in [2.05, 4.69) is 30.6 Å². The Balaban J connectivity index is 1.48. The van der Waals surface area contributed by atoms with E-state index in [-0.39, 0.29) is 0 Å². The molecule has 3 rings (SSSR count). The van der Waals surface area contributed by atoms with Crippen molar-refractivity contribution >= 4 is 5.96 Å². The summed E-state index contributed by atoms with van der Waals surface area (Å²) in [6.45, 7) is 3.03. The molecule has 1 saturated carbocycles. The Morgan fingerprint density at radius 3 is 2.79 bits per heavy atom. The smallest absolute Gasteiger partial charge is 0.191 e. The first-order chi connectivity index (χ1) is 11.8. The average molecular weight is 333 g/mol. The number of nitrogens with one attached hydrogen (secondary N) is 2. The van der Waals surface area contributed by atoms with Crippen molar-refractivity contribution < 1.29 is 0 Å². The molecule has 24 heavy (non-hydrogen) atoms. The van der Waals surface area contributed by atoms with Crippen molar-refractivity contribution in [1.82, 2.24) is 30.3 Å². The lowest BCUT2D eigenvalue weighted by molar-refractivity contribution is 0.115. The number of hydrogen-bond acceptors (Lipinski definition) is 4. The maximum Gasteiger partial charge on any atom is 0.191 e. The van der Waals surface area contributed by atoms with Crippen molar-refractivity contribution in [1.29, 1.82) is 0 Å². The summed E-state index contributed by atoms with van der Waals surface area (Å²) in [5, 5.41) is 11.0. The highest BCUT2D eigenvalue weighted by atomic mass is 15.3. The van der Waals surface area contributed by atoms with Crippen LogP contribution < -0.4 is 10.6 Å². The van der Waals surface area contributed by atoms with E-state index in [1.807, 2.05) is 14.1 Å². The fourth-order valence-corrected chi connectivity index (χ4v) is 3.93. The molecule has 1 aromatic heterocycles. The lowest BCUT2D eigenvalue weighted by Gasteiger charge is -2.40. The van der Waals surface area contributed by atoms with Crippen LogP contribution in [0.25, 0.3) is 0 Å². The van der Waals surface area contributed by atoms with Gasteiger partial charge in [0, 0.05) is 32.7 Å². The number of aryl methyl sites for hydroxylation is 1. The van der Waals surface area contributed by atoms with E-state index in [0.29, 0.717) is 12.6 Å². The fourth-order valence-electron chi connectivity index (χ4n) is 3.93. The third-order valence-electron chi connectivity index (χ3n) is 5.33. The molecule has 2 aliphatic rings. The van der Waals surface area contributed by atoms with E-state index in [1.54, 1.807) is 11.0 Å². The fraction of sp³-hybridized carbons (Fsp3) is 0.824. The van der Waals surface area contributed by atoms with Crippen molar-refractivity contribution in [2.24, 2.45) is 12.0 Å². The molecule has 0 spiro atoms. The summed E-state index contributed by atoms with van der Waals surface area (Å²) in [6.07, 6.45) is 11.1. The summed E-state index contributed by atoms with van der Waals surface area (Å²) in [5.74, 6) is 1.76. The molecule has 2 N–H and O–H groups in total. The number of hydrogen-bond donors (Lipinski definition) is 2. The van der Waals surface area contributed by atoms with Gasteiger partial charge in [0.2, 0.25) is 0 Å². The third-order valence-corrected chi connectivity index (χ3v) is 5.33. The number of aliphatic imine (C=N–C) groups is 1. The van der Waals surface area contributed by atoms with E-state index < -0.39 is 0 Å². The molecule has 0 bridgehead atoms. The molecule has 0 radical (unpaired) electrons. The topological polar surface area (TPSA) is 70.4 Å². The van der Waals surface area contributed by atoms with Crippen molar-refractivity contribution in [2.45, 2.75) is 63.6 Å². The van der Waals surface area contributed by atoms with E-state index in [1.165, 1.54) is 51.5 Å². The van der Waals surface area contributed by atoms with Gasteiger partial charge in [-0.2, -0.15) is 5.10 Å². The highest BCUT2D eigenvalue weighted by Gasteiger charge is 2.27. The third kappa shape index (κ3) is 4.47. The Morgan fingerprint density at radius 1 is 1.25 bits per heavy atom. The zero-order valence-corrected chi connectivity index (χ0v) is 15.0. The summed E-state index contributed by atoms with van der Waals surface area (Å²) < 4.78 is 1.78. The normalized spacial score (nSPS) is 24.1. The molecular formula is C17H31N7. The summed E-state index contributed by atoms with van der Waals surface area (Å²) in [4.78, 5) is 11.3. The quantitative estimate of drug-likeness (QED) is 0.641. The molecule has 0 aromatic carbocycles. The van der Waals surface area contributed by atoms with Crippen LogP contribution in [0.2, 0.25) is 0 Å². The summed E-state index contributed by atoms with van der Waals surface area (Å²) in [5.41, 5.74) is 0. The van der Waals surface area contributed by atoms with Gasteiger partial charge in [-0.15, -0.1) is 0 Å². The van der Waals surface area contributed by atoms with Crippen LogP contribution in [0.1, 0.15) is 50.8 Å². The summed E-state index contributed by atoms with van der Waals surface area (Å²) >= 11 is 0. The zero-order valence-electron chi connectivity index (χ0n) is 15.0. The van der Waals surface area contributed by atoms with Crippen molar-refractivity contribution in [3.8, 4) is 0 Å². The SMILES string of the molecule is CN=C(NCc1ncnn1C)N[C@H]1CCCN(C2CCCCC2)C1. The Hall–Kier alpha value is -1.63. The van der Waals surface area contributed by atoms with Crippen molar-refractivity contribution in [3.05, 3.63) is 12.2 Å². The maximum atomic E-state index is 4.37. The molecule has 1 saturated heterocycles. The van der Waals surface area contributed by atoms with E-state index >= 15 is 0 Å². The van der Waals surface area contributed by atoms with E-state index in [9.17, 15) is 0 Å². The minimum Gasteiger partial charge on any atom is -0.352 e. The predicted octanol–water partition coefficient (Wildman–Crippen LogP) is 1.28. The molecule has 0 unspecified atom stereocenters. The van der Waals surface area contributed by atoms with Crippen LogP contribution in [0.3, 0.4) is 0 Å². The lowest BCUT2D eigenvalue weighted by atomic mass is 9.92. The van der Waals surface area contributed by atoms with Crippen LogP contribution >= 0.6 is 0 Å².